The van der Waals surface area contributed by atoms with Crippen LogP contribution in [-0.4, -0.2) is 5.11 Å². The molecule has 1 nitrogen and oxygen atoms in total. The van der Waals surface area contributed by atoms with Gasteiger partial charge in [-0.05, 0) is 67.3 Å². The summed E-state index contributed by atoms with van der Waals surface area (Å²) in [4.78, 5) is 0. The fourth-order valence-electron chi connectivity index (χ4n) is 1.55. The van der Waals surface area contributed by atoms with Gasteiger partial charge in [0.05, 0.1) is 8.95 Å². The molecule has 2 rings (SSSR count). The highest BCUT2D eigenvalue weighted by Gasteiger charge is 2.04. The number of hydrogen-bond acceptors (Lipinski definition) is 1. The zero-order valence-corrected chi connectivity index (χ0v) is 12.7. The largest absolute Gasteiger partial charge is 0.506 e. The maximum absolute atomic E-state index is 13.0. The molecular weight excluding hydrogens is 382 g/mol. The van der Waals surface area contributed by atoms with E-state index in [0.29, 0.717) is 14.5 Å². The van der Waals surface area contributed by atoms with E-state index in [1.54, 1.807) is 24.3 Å². The van der Waals surface area contributed by atoms with E-state index in [4.69, 9.17) is 0 Å². The fraction of sp³-hybridized carbons (Fsp3) is 0. The van der Waals surface area contributed by atoms with Crippen molar-refractivity contribution in [2.24, 2.45) is 0 Å². The van der Waals surface area contributed by atoms with Crippen molar-refractivity contribution in [1.82, 2.24) is 0 Å². The Kier molecular flexibility index (Phi) is 4.37. The Morgan fingerprint density at radius 2 is 1.21 bits per heavy atom. The lowest BCUT2D eigenvalue weighted by molar-refractivity contribution is 0.468. The highest BCUT2D eigenvalue weighted by atomic mass is 79.9. The van der Waals surface area contributed by atoms with Gasteiger partial charge in [0.15, 0.2) is 0 Å². The Morgan fingerprint density at radius 1 is 0.789 bits per heavy atom. The van der Waals surface area contributed by atoms with Gasteiger partial charge in [-0.2, -0.15) is 0 Å². The Balaban J connectivity index is 2.32. The molecule has 0 heterocycles. The summed E-state index contributed by atoms with van der Waals surface area (Å²) in [5.74, 6) is -1.13. The van der Waals surface area contributed by atoms with Crippen molar-refractivity contribution >= 4 is 44.0 Å². The lowest BCUT2D eigenvalue weighted by Gasteiger charge is -2.02. The van der Waals surface area contributed by atoms with Gasteiger partial charge in [0, 0.05) is 6.07 Å². The minimum atomic E-state index is -0.618. The molecule has 0 radical (unpaired) electrons. The molecular formula is C14H8Br2F2O. The van der Waals surface area contributed by atoms with Gasteiger partial charge >= 0.3 is 0 Å². The lowest BCUT2D eigenvalue weighted by atomic mass is 10.1. The maximum Gasteiger partial charge on any atom is 0.143 e. The molecule has 0 saturated heterocycles. The van der Waals surface area contributed by atoms with Crippen molar-refractivity contribution in [3.8, 4) is 5.75 Å². The molecule has 0 amide bonds. The van der Waals surface area contributed by atoms with Gasteiger partial charge in [0.2, 0.25) is 0 Å². The van der Waals surface area contributed by atoms with Crippen LogP contribution in [0.1, 0.15) is 11.1 Å². The maximum atomic E-state index is 13.0. The molecule has 98 valence electrons. The number of phenolic OH excluding ortho intramolecular Hbond substituents is 1. The van der Waals surface area contributed by atoms with E-state index in [1.165, 1.54) is 12.1 Å². The molecule has 5 heteroatoms. The minimum absolute atomic E-state index is 0.106. The predicted molar refractivity (Wildman–Crippen MR) is 78.8 cm³/mol. The highest BCUT2D eigenvalue weighted by Crippen LogP contribution is 2.33. The fourth-order valence-corrected chi connectivity index (χ4v) is 2.77. The quantitative estimate of drug-likeness (QED) is 0.685. The summed E-state index contributed by atoms with van der Waals surface area (Å²) in [6, 6.07) is 6.71. The first-order valence-electron chi connectivity index (χ1n) is 5.28. The standard InChI is InChI=1S/C14H8Br2F2O/c15-12-5-9(6-13(16)14(12)19)2-1-8-3-10(17)7-11(18)4-8/h1-7,19H/b2-1+. The zero-order valence-electron chi connectivity index (χ0n) is 9.50. The van der Waals surface area contributed by atoms with Crippen LogP contribution >= 0.6 is 31.9 Å². The monoisotopic (exact) mass is 388 g/mol. The highest BCUT2D eigenvalue weighted by molar-refractivity contribution is 9.11. The Labute approximate surface area is 125 Å². The molecule has 2 aromatic carbocycles. The second-order valence-corrected chi connectivity index (χ2v) is 5.58. The van der Waals surface area contributed by atoms with Crippen molar-refractivity contribution in [1.29, 1.82) is 0 Å². The van der Waals surface area contributed by atoms with Crippen LogP contribution in [0.25, 0.3) is 12.2 Å². The van der Waals surface area contributed by atoms with Crippen molar-refractivity contribution in [2.75, 3.05) is 0 Å². The molecule has 0 fully saturated rings. The second-order valence-electron chi connectivity index (χ2n) is 3.87. The van der Waals surface area contributed by atoms with Gasteiger partial charge in [0.1, 0.15) is 17.4 Å². The van der Waals surface area contributed by atoms with E-state index in [-0.39, 0.29) is 5.75 Å². The topological polar surface area (TPSA) is 20.2 Å². The molecule has 0 aliphatic heterocycles. The van der Waals surface area contributed by atoms with E-state index in [2.05, 4.69) is 31.9 Å². The van der Waals surface area contributed by atoms with Crippen molar-refractivity contribution in [3.63, 3.8) is 0 Å². The molecule has 0 aliphatic rings. The summed E-state index contributed by atoms with van der Waals surface area (Å²) < 4.78 is 27.1. The average Bonchev–Trinajstić information content (AvgIpc) is 2.32. The van der Waals surface area contributed by atoms with Gasteiger partial charge in [-0.3, -0.25) is 0 Å². The summed E-state index contributed by atoms with van der Waals surface area (Å²) in [5, 5.41) is 9.57. The van der Waals surface area contributed by atoms with E-state index in [9.17, 15) is 13.9 Å². The van der Waals surface area contributed by atoms with Crippen LogP contribution in [0, 0.1) is 11.6 Å². The summed E-state index contributed by atoms with van der Waals surface area (Å²) in [7, 11) is 0. The summed E-state index contributed by atoms with van der Waals surface area (Å²) in [6.45, 7) is 0. The summed E-state index contributed by atoms with van der Waals surface area (Å²) >= 11 is 6.42. The SMILES string of the molecule is Oc1c(Br)cc(/C=C/c2cc(F)cc(F)c2)cc1Br. The van der Waals surface area contributed by atoms with Crippen LogP contribution in [0.5, 0.6) is 5.75 Å². The third kappa shape index (κ3) is 3.64. The molecule has 0 bridgehead atoms. The summed E-state index contributed by atoms with van der Waals surface area (Å²) in [6.07, 6.45) is 3.29. The molecule has 19 heavy (non-hydrogen) atoms. The zero-order chi connectivity index (χ0) is 14.0. The van der Waals surface area contributed by atoms with Crippen molar-refractivity contribution < 1.29 is 13.9 Å². The average molecular weight is 390 g/mol. The van der Waals surface area contributed by atoms with E-state index >= 15 is 0 Å². The number of benzene rings is 2. The molecule has 0 atom stereocenters. The number of phenols is 1. The van der Waals surface area contributed by atoms with Crippen LogP contribution in [0.2, 0.25) is 0 Å². The first kappa shape index (κ1) is 14.2. The third-order valence-corrected chi connectivity index (χ3v) is 3.60. The van der Waals surface area contributed by atoms with Gasteiger partial charge in [0.25, 0.3) is 0 Å². The van der Waals surface area contributed by atoms with Crippen LogP contribution in [0.3, 0.4) is 0 Å². The molecule has 0 spiro atoms. The first-order chi connectivity index (χ1) is 8.95. The van der Waals surface area contributed by atoms with Crippen LogP contribution in [0.4, 0.5) is 8.78 Å². The van der Waals surface area contributed by atoms with Crippen LogP contribution in [0.15, 0.2) is 39.3 Å². The molecule has 2 aromatic rings. The van der Waals surface area contributed by atoms with E-state index in [0.717, 1.165) is 11.6 Å². The molecule has 0 aromatic heterocycles. The number of halogens is 4. The second kappa shape index (κ2) is 5.84. The predicted octanol–water partition coefficient (Wildman–Crippen LogP) is 5.37. The number of aromatic hydroxyl groups is 1. The van der Waals surface area contributed by atoms with Crippen LogP contribution in [-0.2, 0) is 0 Å². The van der Waals surface area contributed by atoms with E-state index in [1.807, 2.05) is 0 Å². The molecule has 0 aliphatic carbocycles. The smallest absolute Gasteiger partial charge is 0.143 e. The van der Waals surface area contributed by atoms with Crippen molar-refractivity contribution in [3.05, 3.63) is 62.0 Å². The van der Waals surface area contributed by atoms with Gasteiger partial charge in [-0.1, -0.05) is 12.2 Å². The third-order valence-electron chi connectivity index (χ3n) is 2.39. The van der Waals surface area contributed by atoms with Gasteiger partial charge < -0.3 is 5.11 Å². The van der Waals surface area contributed by atoms with Gasteiger partial charge in [-0.25, -0.2) is 8.78 Å². The molecule has 0 saturated carbocycles. The van der Waals surface area contributed by atoms with Crippen LogP contribution < -0.4 is 0 Å². The Bertz CT molecular complexity index is 611. The van der Waals surface area contributed by atoms with Crippen molar-refractivity contribution in [2.45, 2.75) is 0 Å². The number of rotatable bonds is 2. The Morgan fingerprint density at radius 3 is 1.68 bits per heavy atom. The molecule has 0 unspecified atom stereocenters. The molecule has 1 N–H and O–H groups in total. The minimum Gasteiger partial charge on any atom is -0.506 e. The normalized spacial score (nSPS) is 11.2. The van der Waals surface area contributed by atoms with E-state index < -0.39 is 11.6 Å². The number of hydrogen-bond donors (Lipinski definition) is 1. The summed E-state index contributed by atoms with van der Waals surface area (Å²) in [5.41, 5.74) is 1.21. The first-order valence-corrected chi connectivity index (χ1v) is 6.86. The lowest BCUT2D eigenvalue weighted by Crippen LogP contribution is -1.82. The van der Waals surface area contributed by atoms with Gasteiger partial charge in [-0.15, -0.1) is 0 Å². The Hall–Kier alpha value is -1.20.